The van der Waals surface area contributed by atoms with Crippen LogP contribution in [0.3, 0.4) is 0 Å². The van der Waals surface area contributed by atoms with E-state index in [0.717, 1.165) is 18.4 Å². The summed E-state index contributed by atoms with van der Waals surface area (Å²) in [5.41, 5.74) is 1.65. The molecule has 4 nitrogen and oxygen atoms in total. The summed E-state index contributed by atoms with van der Waals surface area (Å²) >= 11 is 0. The molecule has 0 spiro atoms. The molecule has 0 heterocycles. The van der Waals surface area contributed by atoms with Gasteiger partial charge in [-0.15, -0.1) is 0 Å². The highest BCUT2D eigenvalue weighted by atomic mass is 16.5. The Morgan fingerprint density at radius 2 is 1.19 bits per heavy atom. The molecule has 4 heteroatoms. The van der Waals surface area contributed by atoms with E-state index in [1.165, 1.54) is 57.4 Å². The van der Waals surface area contributed by atoms with Crippen molar-refractivity contribution in [2.45, 2.75) is 77.7 Å². The van der Waals surface area contributed by atoms with Crippen molar-refractivity contribution >= 4 is 11.9 Å². The van der Waals surface area contributed by atoms with Gasteiger partial charge in [0.25, 0.3) is 0 Å². The summed E-state index contributed by atoms with van der Waals surface area (Å²) in [5, 5.41) is 0. The van der Waals surface area contributed by atoms with Gasteiger partial charge in [-0.2, -0.15) is 0 Å². The first kappa shape index (κ1) is 24.6. The third kappa shape index (κ3) is 10.3. The molecule has 2 rings (SSSR count). The van der Waals surface area contributed by atoms with Gasteiger partial charge in [-0.25, -0.2) is 9.59 Å². The minimum atomic E-state index is -0.451. The fourth-order valence-electron chi connectivity index (χ4n) is 3.42. The minimum absolute atomic E-state index is 0.201. The number of carbonyl (C=O) groups excluding carboxylic acids is 2. The van der Waals surface area contributed by atoms with E-state index in [1.807, 2.05) is 30.3 Å². The normalized spacial score (nSPS) is 10.6. The lowest BCUT2D eigenvalue weighted by molar-refractivity contribution is 0.0472. The van der Waals surface area contributed by atoms with Gasteiger partial charge in [0.1, 0.15) is 6.61 Å². The van der Waals surface area contributed by atoms with E-state index in [0.29, 0.717) is 17.7 Å². The first-order valence-corrected chi connectivity index (χ1v) is 11.7. The molecule has 0 saturated heterocycles. The molecule has 0 N–H and O–H groups in total. The zero-order valence-corrected chi connectivity index (χ0v) is 18.8. The van der Waals surface area contributed by atoms with Crippen molar-refractivity contribution in [1.82, 2.24) is 0 Å². The number of ether oxygens (including phenoxy) is 2. The van der Waals surface area contributed by atoms with Crippen LogP contribution < -0.4 is 0 Å². The largest absolute Gasteiger partial charge is 0.462 e. The van der Waals surface area contributed by atoms with E-state index >= 15 is 0 Å². The molecule has 168 valence electrons. The minimum Gasteiger partial charge on any atom is -0.462 e. The SMILES string of the molecule is CCCCCCCCCCCCOC(=O)c1cccc(C(=O)OCc2ccccc2)c1. The number of unbranched alkanes of at least 4 members (excludes halogenated alkanes) is 9. The Morgan fingerprint density at radius 3 is 1.81 bits per heavy atom. The molecule has 0 radical (unpaired) electrons. The molecule has 0 aromatic heterocycles. The summed E-state index contributed by atoms with van der Waals surface area (Å²) in [6.07, 6.45) is 12.4. The summed E-state index contributed by atoms with van der Waals surface area (Å²) in [6, 6.07) is 16.0. The summed E-state index contributed by atoms with van der Waals surface area (Å²) in [4.78, 5) is 24.6. The molecule has 0 aliphatic carbocycles. The van der Waals surface area contributed by atoms with Gasteiger partial charge in [0.15, 0.2) is 0 Å². The topological polar surface area (TPSA) is 52.6 Å². The first-order valence-electron chi connectivity index (χ1n) is 11.7. The average Bonchev–Trinajstić information content (AvgIpc) is 2.81. The number of hydrogen-bond donors (Lipinski definition) is 0. The van der Waals surface area contributed by atoms with Gasteiger partial charge in [0.05, 0.1) is 17.7 Å². The summed E-state index contributed by atoms with van der Waals surface area (Å²) < 4.78 is 10.7. The second-order valence-electron chi connectivity index (χ2n) is 7.96. The smallest absolute Gasteiger partial charge is 0.338 e. The molecular weight excluding hydrogens is 388 g/mol. The maximum atomic E-state index is 12.3. The van der Waals surface area contributed by atoms with Crippen molar-refractivity contribution in [3.8, 4) is 0 Å². The van der Waals surface area contributed by atoms with Crippen LogP contribution in [0.15, 0.2) is 54.6 Å². The lowest BCUT2D eigenvalue weighted by Gasteiger charge is -2.08. The molecule has 0 fully saturated rings. The van der Waals surface area contributed by atoms with E-state index < -0.39 is 11.9 Å². The van der Waals surface area contributed by atoms with E-state index in [2.05, 4.69) is 6.92 Å². The number of rotatable bonds is 15. The first-order chi connectivity index (χ1) is 15.2. The van der Waals surface area contributed by atoms with Gasteiger partial charge >= 0.3 is 11.9 Å². The molecule has 31 heavy (non-hydrogen) atoms. The number of carbonyl (C=O) groups is 2. The van der Waals surface area contributed by atoms with Gasteiger partial charge < -0.3 is 9.47 Å². The molecule has 0 aliphatic rings. The quantitative estimate of drug-likeness (QED) is 0.226. The van der Waals surface area contributed by atoms with E-state index in [-0.39, 0.29) is 6.61 Å². The van der Waals surface area contributed by atoms with Gasteiger partial charge in [-0.1, -0.05) is 101 Å². The van der Waals surface area contributed by atoms with Crippen LogP contribution in [0.5, 0.6) is 0 Å². The Balaban J connectivity index is 1.62. The third-order valence-electron chi connectivity index (χ3n) is 5.28. The zero-order chi connectivity index (χ0) is 22.2. The second-order valence-corrected chi connectivity index (χ2v) is 7.96. The van der Waals surface area contributed by atoms with E-state index in [4.69, 9.17) is 9.47 Å². The monoisotopic (exact) mass is 424 g/mol. The van der Waals surface area contributed by atoms with Crippen LogP contribution >= 0.6 is 0 Å². The maximum Gasteiger partial charge on any atom is 0.338 e. The Kier molecular flexibility index (Phi) is 12.1. The van der Waals surface area contributed by atoms with E-state index in [9.17, 15) is 9.59 Å². The van der Waals surface area contributed by atoms with Crippen LogP contribution in [0.4, 0.5) is 0 Å². The van der Waals surface area contributed by atoms with Crippen molar-refractivity contribution in [3.63, 3.8) is 0 Å². The highest BCUT2D eigenvalue weighted by molar-refractivity contribution is 5.95. The average molecular weight is 425 g/mol. The fraction of sp³-hybridized carbons (Fsp3) is 0.481. The van der Waals surface area contributed by atoms with Crippen molar-refractivity contribution in [2.24, 2.45) is 0 Å². The zero-order valence-electron chi connectivity index (χ0n) is 18.8. The van der Waals surface area contributed by atoms with Crippen LogP contribution in [-0.4, -0.2) is 18.5 Å². The predicted octanol–water partition coefficient (Wildman–Crippen LogP) is 7.12. The Morgan fingerprint density at radius 1 is 0.645 bits per heavy atom. The standard InChI is InChI=1S/C27H36O4/c1-2-3-4-5-6-7-8-9-10-14-20-30-26(28)24-18-15-19-25(21-24)27(29)31-22-23-16-12-11-13-17-23/h11-13,15-19,21H,2-10,14,20,22H2,1H3. The lowest BCUT2D eigenvalue weighted by Crippen LogP contribution is -2.10. The van der Waals surface area contributed by atoms with Crippen molar-refractivity contribution in [3.05, 3.63) is 71.3 Å². The molecule has 0 atom stereocenters. The molecule has 0 amide bonds. The van der Waals surface area contributed by atoms with Gasteiger partial charge in [0.2, 0.25) is 0 Å². The van der Waals surface area contributed by atoms with Gasteiger partial charge in [0, 0.05) is 0 Å². The second kappa shape index (κ2) is 15.2. The number of benzene rings is 2. The van der Waals surface area contributed by atoms with Crippen LogP contribution in [0.1, 0.15) is 97.4 Å². The summed E-state index contributed by atoms with van der Waals surface area (Å²) in [7, 11) is 0. The van der Waals surface area contributed by atoms with Crippen LogP contribution in [0, 0.1) is 0 Å². The molecule has 0 aliphatic heterocycles. The summed E-state index contributed by atoms with van der Waals surface area (Å²) in [5.74, 6) is -0.846. The number of hydrogen-bond acceptors (Lipinski definition) is 4. The Hall–Kier alpha value is -2.62. The highest BCUT2D eigenvalue weighted by Crippen LogP contribution is 2.12. The fourth-order valence-corrected chi connectivity index (χ4v) is 3.42. The summed E-state index contributed by atoms with van der Waals surface area (Å²) in [6.45, 7) is 2.86. The predicted molar refractivity (Wildman–Crippen MR) is 124 cm³/mol. The van der Waals surface area contributed by atoms with Crippen molar-refractivity contribution in [2.75, 3.05) is 6.61 Å². The molecular formula is C27H36O4. The van der Waals surface area contributed by atoms with Crippen molar-refractivity contribution < 1.29 is 19.1 Å². The lowest BCUT2D eigenvalue weighted by atomic mass is 10.1. The Labute approximate surface area is 187 Å². The molecule has 0 saturated carbocycles. The molecule has 2 aromatic rings. The molecule has 0 bridgehead atoms. The highest BCUT2D eigenvalue weighted by Gasteiger charge is 2.12. The molecule has 0 unspecified atom stereocenters. The third-order valence-corrected chi connectivity index (χ3v) is 5.28. The van der Waals surface area contributed by atoms with Gasteiger partial charge in [-0.05, 0) is 30.2 Å². The van der Waals surface area contributed by atoms with Gasteiger partial charge in [-0.3, -0.25) is 0 Å². The Bertz CT molecular complexity index is 770. The van der Waals surface area contributed by atoms with E-state index in [1.54, 1.807) is 18.2 Å². The van der Waals surface area contributed by atoms with Crippen LogP contribution in [0.2, 0.25) is 0 Å². The van der Waals surface area contributed by atoms with Crippen LogP contribution in [-0.2, 0) is 16.1 Å². The number of esters is 2. The maximum absolute atomic E-state index is 12.3. The van der Waals surface area contributed by atoms with Crippen LogP contribution in [0.25, 0.3) is 0 Å². The van der Waals surface area contributed by atoms with Crippen molar-refractivity contribution in [1.29, 1.82) is 0 Å². The molecule has 2 aromatic carbocycles.